The van der Waals surface area contributed by atoms with E-state index < -0.39 is 5.97 Å². The summed E-state index contributed by atoms with van der Waals surface area (Å²) in [6.45, 7) is 0. The Bertz CT molecular complexity index is 630. The average molecular weight is 344 g/mol. The summed E-state index contributed by atoms with van der Waals surface area (Å²) >= 11 is 4.34. The first-order valence-corrected chi connectivity index (χ1v) is 6.99. The Morgan fingerprint density at radius 3 is 2.84 bits per heavy atom. The molecule has 1 heterocycles. The van der Waals surface area contributed by atoms with Crippen LogP contribution in [0, 0.1) is 0 Å². The van der Waals surface area contributed by atoms with Crippen molar-refractivity contribution in [2.24, 2.45) is 7.05 Å². The maximum absolute atomic E-state index is 10.5. The normalized spacial score (nSPS) is 10.6. The van der Waals surface area contributed by atoms with Crippen LogP contribution < -0.4 is 0 Å². The fraction of sp³-hybridized carbons (Fsp3) is 0.182. The lowest BCUT2D eigenvalue weighted by Gasteiger charge is -2.05. The number of phenolic OH excluding ortho intramolecular Hbond substituents is 1. The molecule has 0 spiro atoms. The van der Waals surface area contributed by atoms with Crippen LogP contribution in [0.1, 0.15) is 0 Å². The number of hydrogen-bond donors (Lipinski definition) is 2. The van der Waals surface area contributed by atoms with Gasteiger partial charge < -0.3 is 14.8 Å². The molecule has 0 saturated heterocycles. The molecule has 0 aliphatic rings. The summed E-state index contributed by atoms with van der Waals surface area (Å²) in [7, 11) is 1.72. The van der Waals surface area contributed by atoms with Gasteiger partial charge in [-0.05, 0) is 18.2 Å². The third-order valence-corrected chi connectivity index (χ3v) is 3.86. The Balaban J connectivity index is 2.33. The summed E-state index contributed by atoms with van der Waals surface area (Å²) < 4.78 is 2.41. The Hall–Kier alpha value is -1.54. The maximum atomic E-state index is 10.5. The van der Waals surface area contributed by atoms with E-state index >= 15 is 0 Å². The van der Waals surface area contributed by atoms with E-state index in [9.17, 15) is 9.90 Å². The number of hydrogen-bond acceptors (Lipinski definition) is 5. The van der Waals surface area contributed by atoms with E-state index in [4.69, 9.17) is 5.11 Å². The van der Waals surface area contributed by atoms with Crippen LogP contribution in [0.3, 0.4) is 0 Å². The zero-order valence-corrected chi connectivity index (χ0v) is 12.3. The lowest BCUT2D eigenvalue weighted by Crippen LogP contribution is -2.01. The van der Waals surface area contributed by atoms with E-state index in [1.165, 1.54) is 0 Å². The lowest BCUT2D eigenvalue weighted by atomic mass is 10.2. The Morgan fingerprint density at radius 1 is 1.47 bits per heavy atom. The second-order valence-corrected chi connectivity index (χ2v) is 5.57. The quantitative estimate of drug-likeness (QED) is 0.826. The molecule has 0 fully saturated rings. The molecule has 0 unspecified atom stereocenters. The molecule has 1 aromatic carbocycles. The van der Waals surface area contributed by atoms with Crippen molar-refractivity contribution in [2.45, 2.75) is 5.16 Å². The van der Waals surface area contributed by atoms with Crippen molar-refractivity contribution >= 4 is 33.7 Å². The van der Waals surface area contributed by atoms with E-state index in [2.05, 4.69) is 26.1 Å². The molecular weight excluding hydrogens is 334 g/mol. The number of thioether (sulfide) groups is 1. The Morgan fingerprint density at radius 2 is 2.21 bits per heavy atom. The van der Waals surface area contributed by atoms with Crippen LogP contribution in [0.5, 0.6) is 5.75 Å². The van der Waals surface area contributed by atoms with Crippen LogP contribution in [0.2, 0.25) is 0 Å². The molecule has 2 N–H and O–H groups in total. The molecule has 0 saturated carbocycles. The molecule has 1 aromatic heterocycles. The monoisotopic (exact) mass is 343 g/mol. The predicted molar refractivity (Wildman–Crippen MR) is 74.2 cm³/mol. The number of carboxylic acids is 1. The van der Waals surface area contributed by atoms with Gasteiger partial charge in [0.2, 0.25) is 0 Å². The minimum Gasteiger partial charge on any atom is -0.507 e. The molecule has 0 aliphatic heterocycles. The number of phenols is 1. The summed E-state index contributed by atoms with van der Waals surface area (Å²) in [5.41, 5.74) is 0.542. The molecule has 0 aliphatic carbocycles. The van der Waals surface area contributed by atoms with Gasteiger partial charge in [-0.2, -0.15) is 0 Å². The molecule has 100 valence electrons. The molecule has 8 heteroatoms. The van der Waals surface area contributed by atoms with Gasteiger partial charge in [0.1, 0.15) is 5.75 Å². The summed E-state index contributed by atoms with van der Waals surface area (Å²) in [4.78, 5) is 10.5. The van der Waals surface area contributed by atoms with Gasteiger partial charge in [-0.15, -0.1) is 10.2 Å². The standard InChI is InChI=1S/C11H10BrN3O3S/c1-15-10(7-3-2-6(12)4-8(7)16)13-14-11(15)19-5-9(17)18/h2-4,16H,5H2,1H3,(H,17,18). The van der Waals surface area contributed by atoms with Crippen LogP contribution in [0.25, 0.3) is 11.4 Å². The molecule has 19 heavy (non-hydrogen) atoms. The van der Waals surface area contributed by atoms with Crippen molar-refractivity contribution in [2.75, 3.05) is 5.75 Å². The highest BCUT2D eigenvalue weighted by atomic mass is 79.9. The fourth-order valence-electron chi connectivity index (χ4n) is 1.50. The first kappa shape index (κ1) is 13.9. The first-order chi connectivity index (χ1) is 8.99. The van der Waals surface area contributed by atoms with Crippen molar-refractivity contribution in [1.29, 1.82) is 0 Å². The van der Waals surface area contributed by atoms with Gasteiger partial charge in [0.15, 0.2) is 11.0 Å². The smallest absolute Gasteiger partial charge is 0.313 e. The van der Waals surface area contributed by atoms with E-state index in [1.54, 1.807) is 29.8 Å². The summed E-state index contributed by atoms with van der Waals surface area (Å²) in [6, 6.07) is 5.07. The Kier molecular flexibility index (Phi) is 4.11. The zero-order chi connectivity index (χ0) is 14.0. The van der Waals surface area contributed by atoms with Crippen molar-refractivity contribution in [1.82, 2.24) is 14.8 Å². The second-order valence-electron chi connectivity index (χ2n) is 3.71. The highest BCUT2D eigenvalue weighted by Gasteiger charge is 2.15. The minimum absolute atomic E-state index is 0.0830. The SMILES string of the molecule is Cn1c(SCC(=O)O)nnc1-c1ccc(Br)cc1O. The third-order valence-electron chi connectivity index (χ3n) is 2.36. The van der Waals surface area contributed by atoms with E-state index in [0.29, 0.717) is 16.5 Å². The van der Waals surface area contributed by atoms with Gasteiger partial charge in [-0.3, -0.25) is 4.79 Å². The number of carbonyl (C=O) groups is 1. The number of benzene rings is 1. The summed E-state index contributed by atoms with van der Waals surface area (Å²) in [5.74, 6) is -0.434. The van der Waals surface area contributed by atoms with E-state index in [0.717, 1.165) is 16.2 Å². The average Bonchev–Trinajstić information content (AvgIpc) is 2.68. The number of nitrogens with zero attached hydrogens (tertiary/aromatic N) is 3. The number of aromatic nitrogens is 3. The fourth-order valence-corrected chi connectivity index (χ4v) is 2.48. The molecular formula is C11H10BrN3O3S. The van der Waals surface area contributed by atoms with Gasteiger partial charge >= 0.3 is 5.97 Å². The number of rotatable bonds is 4. The summed E-state index contributed by atoms with van der Waals surface area (Å²) in [6.07, 6.45) is 0. The van der Waals surface area contributed by atoms with Crippen LogP contribution in [0.15, 0.2) is 27.8 Å². The summed E-state index contributed by atoms with van der Waals surface area (Å²) in [5, 5.41) is 26.9. The van der Waals surface area contributed by atoms with Crippen LogP contribution in [-0.4, -0.2) is 36.7 Å². The molecule has 0 atom stereocenters. The largest absolute Gasteiger partial charge is 0.507 e. The Labute approximate surface area is 121 Å². The molecule has 0 amide bonds. The third kappa shape index (κ3) is 3.07. The van der Waals surface area contributed by atoms with Crippen molar-refractivity contribution < 1.29 is 15.0 Å². The van der Waals surface area contributed by atoms with E-state index in [1.807, 2.05) is 0 Å². The first-order valence-electron chi connectivity index (χ1n) is 5.22. The van der Waals surface area contributed by atoms with Gasteiger partial charge in [-0.25, -0.2) is 0 Å². The van der Waals surface area contributed by atoms with Gasteiger partial charge in [0.25, 0.3) is 0 Å². The van der Waals surface area contributed by atoms with Gasteiger partial charge in [0.05, 0.1) is 11.3 Å². The van der Waals surface area contributed by atoms with Gasteiger partial charge in [0, 0.05) is 11.5 Å². The lowest BCUT2D eigenvalue weighted by molar-refractivity contribution is -0.133. The van der Waals surface area contributed by atoms with E-state index in [-0.39, 0.29) is 11.5 Å². The van der Waals surface area contributed by atoms with Crippen molar-refractivity contribution in [3.63, 3.8) is 0 Å². The highest BCUT2D eigenvalue weighted by Crippen LogP contribution is 2.31. The minimum atomic E-state index is -0.916. The van der Waals surface area contributed by atoms with Crippen LogP contribution in [0.4, 0.5) is 0 Å². The topological polar surface area (TPSA) is 88.2 Å². The van der Waals surface area contributed by atoms with Crippen molar-refractivity contribution in [3.8, 4) is 17.1 Å². The molecule has 0 bridgehead atoms. The van der Waals surface area contributed by atoms with Crippen molar-refractivity contribution in [3.05, 3.63) is 22.7 Å². The number of halogens is 1. The predicted octanol–water partition coefficient (Wildman–Crippen LogP) is 2.13. The number of aromatic hydroxyl groups is 1. The molecule has 6 nitrogen and oxygen atoms in total. The highest BCUT2D eigenvalue weighted by molar-refractivity contribution is 9.10. The molecule has 2 aromatic rings. The zero-order valence-electron chi connectivity index (χ0n) is 9.87. The maximum Gasteiger partial charge on any atom is 0.313 e. The number of aliphatic carboxylic acids is 1. The van der Waals surface area contributed by atoms with Crippen LogP contribution >= 0.6 is 27.7 Å². The number of carboxylic acid groups (broad SMARTS) is 1. The second kappa shape index (κ2) is 5.62. The van der Waals surface area contributed by atoms with Crippen LogP contribution in [-0.2, 0) is 11.8 Å². The molecule has 2 rings (SSSR count). The molecule has 0 radical (unpaired) electrons. The van der Waals surface area contributed by atoms with Gasteiger partial charge in [-0.1, -0.05) is 27.7 Å².